The lowest BCUT2D eigenvalue weighted by atomic mass is 10.1. The Morgan fingerprint density at radius 2 is 2.16 bits per heavy atom. The Bertz CT molecular complexity index is 720. The fourth-order valence-electron chi connectivity index (χ4n) is 1.96. The van der Waals surface area contributed by atoms with Crippen LogP contribution in [0.15, 0.2) is 35.6 Å². The van der Waals surface area contributed by atoms with Gasteiger partial charge in [0.25, 0.3) is 5.78 Å². The van der Waals surface area contributed by atoms with Gasteiger partial charge < -0.3 is 4.74 Å². The van der Waals surface area contributed by atoms with E-state index in [0.29, 0.717) is 5.78 Å². The van der Waals surface area contributed by atoms with Crippen molar-refractivity contribution in [2.24, 2.45) is 0 Å². The maximum absolute atomic E-state index is 5.45. The van der Waals surface area contributed by atoms with Gasteiger partial charge in [-0.2, -0.15) is 5.10 Å². The number of benzene rings is 1. The highest BCUT2D eigenvalue weighted by Crippen LogP contribution is 2.36. The standard InChI is InChI=1S/C13H12N4OS/c1-8-3-4-9(11(18-2)12(8)19)10-7-17-6-5-14-16-13(17)15-10/h3-7,19H,1-2H3. The molecular formula is C13H12N4OS. The van der Waals surface area contributed by atoms with Crippen LogP contribution in [0.3, 0.4) is 0 Å². The molecule has 0 saturated heterocycles. The van der Waals surface area contributed by atoms with Crippen molar-refractivity contribution in [1.29, 1.82) is 0 Å². The average molecular weight is 272 g/mol. The maximum Gasteiger partial charge on any atom is 0.254 e. The zero-order valence-corrected chi connectivity index (χ0v) is 11.4. The summed E-state index contributed by atoms with van der Waals surface area (Å²) in [5.74, 6) is 1.28. The molecule has 0 aliphatic carbocycles. The highest BCUT2D eigenvalue weighted by atomic mass is 32.1. The number of thiol groups is 1. The van der Waals surface area contributed by atoms with Crippen LogP contribution in [0.4, 0.5) is 0 Å². The zero-order valence-electron chi connectivity index (χ0n) is 10.5. The van der Waals surface area contributed by atoms with Crippen LogP contribution in [0, 0.1) is 6.92 Å². The van der Waals surface area contributed by atoms with Crippen LogP contribution in [0.1, 0.15) is 5.56 Å². The van der Waals surface area contributed by atoms with Gasteiger partial charge in [0.05, 0.1) is 19.0 Å². The summed E-state index contributed by atoms with van der Waals surface area (Å²) < 4.78 is 7.26. The summed E-state index contributed by atoms with van der Waals surface area (Å²) in [6, 6.07) is 3.97. The van der Waals surface area contributed by atoms with Gasteiger partial charge in [-0.25, -0.2) is 4.98 Å². The van der Waals surface area contributed by atoms with Crippen LogP contribution in [-0.4, -0.2) is 26.7 Å². The fourth-order valence-corrected chi connectivity index (χ4v) is 2.25. The quantitative estimate of drug-likeness (QED) is 0.728. The lowest BCUT2D eigenvalue weighted by Gasteiger charge is -2.10. The minimum atomic E-state index is 0.556. The van der Waals surface area contributed by atoms with E-state index >= 15 is 0 Å². The molecule has 0 bridgehead atoms. The predicted molar refractivity (Wildman–Crippen MR) is 74.8 cm³/mol. The Labute approximate surface area is 115 Å². The Hall–Kier alpha value is -2.08. The van der Waals surface area contributed by atoms with E-state index in [4.69, 9.17) is 4.74 Å². The number of aromatic nitrogens is 4. The summed E-state index contributed by atoms with van der Waals surface area (Å²) in [7, 11) is 1.63. The van der Waals surface area contributed by atoms with E-state index in [1.54, 1.807) is 19.5 Å². The summed E-state index contributed by atoms with van der Waals surface area (Å²) in [5.41, 5.74) is 2.74. The number of nitrogens with zero attached hydrogens (tertiary/aromatic N) is 4. The van der Waals surface area contributed by atoms with Crippen LogP contribution in [0.25, 0.3) is 17.0 Å². The predicted octanol–water partition coefficient (Wildman–Crippen LogP) is 2.40. The average Bonchev–Trinajstić information content (AvgIpc) is 2.85. The Balaban J connectivity index is 2.23. The van der Waals surface area contributed by atoms with E-state index in [1.807, 2.05) is 29.7 Å². The molecule has 2 heterocycles. The minimum Gasteiger partial charge on any atom is -0.495 e. The second-order valence-corrected chi connectivity index (χ2v) is 4.61. The molecular weight excluding hydrogens is 260 g/mol. The number of ether oxygens (including phenoxy) is 1. The number of fused-ring (bicyclic) bond motifs is 1. The molecule has 19 heavy (non-hydrogen) atoms. The number of hydrogen-bond donors (Lipinski definition) is 1. The summed E-state index contributed by atoms with van der Waals surface area (Å²) in [5, 5.41) is 7.78. The van der Waals surface area contributed by atoms with Gasteiger partial charge in [0.15, 0.2) is 0 Å². The van der Waals surface area contributed by atoms with Gasteiger partial charge in [-0.05, 0) is 18.6 Å². The molecule has 0 amide bonds. The molecule has 0 atom stereocenters. The Kier molecular flexibility index (Phi) is 2.87. The largest absolute Gasteiger partial charge is 0.495 e. The lowest BCUT2D eigenvalue weighted by Crippen LogP contribution is -1.92. The Morgan fingerprint density at radius 1 is 1.32 bits per heavy atom. The van der Waals surface area contributed by atoms with Gasteiger partial charge >= 0.3 is 0 Å². The molecule has 0 radical (unpaired) electrons. The monoisotopic (exact) mass is 272 g/mol. The highest BCUT2D eigenvalue weighted by molar-refractivity contribution is 7.80. The van der Waals surface area contributed by atoms with E-state index in [-0.39, 0.29) is 0 Å². The molecule has 0 aliphatic rings. The molecule has 3 aromatic rings. The van der Waals surface area contributed by atoms with E-state index in [9.17, 15) is 0 Å². The third-order valence-electron chi connectivity index (χ3n) is 2.97. The summed E-state index contributed by atoms with van der Waals surface area (Å²) in [6.45, 7) is 1.99. The van der Waals surface area contributed by atoms with Crippen LogP contribution in [0.5, 0.6) is 5.75 Å². The van der Waals surface area contributed by atoms with E-state index < -0.39 is 0 Å². The normalized spacial score (nSPS) is 10.9. The van der Waals surface area contributed by atoms with Crippen molar-refractivity contribution in [2.75, 3.05) is 7.11 Å². The van der Waals surface area contributed by atoms with Gasteiger partial charge in [-0.1, -0.05) is 6.07 Å². The Morgan fingerprint density at radius 3 is 2.89 bits per heavy atom. The topological polar surface area (TPSA) is 52.3 Å². The van der Waals surface area contributed by atoms with Crippen molar-refractivity contribution in [3.8, 4) is 17.0 Å². The molecule has 96 valence electrons. The van der Waals surface area contributed by atoms with Crippen LogP contribution in [0.2, 0.25) is 0 Å². The first kappa shape index (κ1) is 12.0. The molecule has 1 aromatic carbocycles. The van der Waals surface area contributed by atoms with Crippen molar-refractivity contribution in [1.82, 2.24) is 19.6 Å². The van der Waals surface area contributed by atoms with E-state index in [1.165, 1.54) is 0 Å². The SMILES string of the molecule is COc1c(-c2cn3ccnnc3n2)ccc(C)c1S. The number of rotatable bonds is 2. The highest BCUT2D eigenvalue weighted by Gasteiger charge is 2.14. The first-order chi connectivity index (χ1) is 9.20. The van der Waals surface area contributed by atoms with Gasteiger partial charge in [0.2, 0.25) is 0 Å². The molecule has 3 rings (SSSR count). The first-order valence-electron chi connectivity index (χ1n) is 5.74. The zero-order chi connectivity index (χ0) is 13.4. The second-order valence-electron chi connectivity index (χ2n) is 4.16. The third kappa shape index (κ3) is 1.94. The van der Waals surface area contributed by atoms with Gasteiger partial charge in [0, 0.05) is 22.9 Å². The van der Waals surface area contributed by atoms with Crippen molar-refractivity contribution < 1.29 is 4.74 Å². The molecule has 0 unspecified atom stereocenters. The third-order valence-corrected chi connectivity index (χ3v) is 3.52. The van der Waals surface area contributed by atoms with Crippen LogP contribution >= 0.6 is 12.6 Å². The first-order valence-corrected chi connectivity index (χ1v) is 6.18. The molecule has 0 spiro atoms. The smallest absolute Gasteiger partial charge is 0.254 e. The minimum absolute atomic E-state index is 0.556. The number of methoxy groups -OCH3 is 1. The van der Waals surface area contributed by atoms with Crippen LogP contribution < -0.4 is 4.74 Å². The number of aryl methyl sites for hydroxylation is 1. The van der Waals surface area contributed by atoms with Crippen molar-refractivity contribution in [3.63, 3.8) is 0 Å². The molecule has 0 N–H and O–H groups in total. The van der Waals surface area contributed by atoms with Gasteiger partial charge in [-0.3, -0.25) is 4.40 Å². The van der Waals surface area contributed by atoms with Gasteiger partial charge in [-0.15, -0.1) is 17.7 Å². The van der Waals surface area contributed by atoms with Crippen molar-refractivity contribution >= 4 is 18.4 Å². The van der Waals surface area contributed by atoms with Crippen LogP contribution in [-0.2, 0) is 0 Å². The van der Waals surface area contributed by atoms with Crippen molar-refractivity contribution in [2.45, 2.75) is 11.8 Å². The summed E-state index contributed by atoms with van der Waals surface area (Å²) >= 11 is 4.49. The summed E-state index contributed by atoms with van der Waals surface area (Å²) in [6.07, 6.45) is 5.32. The molecule has 0 fully saturated rings. The molecule has 0 saturated carbocycles. The fraction of sp³-hybridized carbons (Fsp3) is 0.154. The second kappa shape index (κ2) is 4.55. The number of imidazole rings is 1. The van der Waals surface area contributed by atoms with Gasteiger partial charge in [0.1, 0.15) is 5.75 Å². The molecule has 2 aromatic heterocycles. The van der Waals surface area contributed by atoms with E-state index in [0.717, 1.165) is 27.5 Å². The molecule has 5 nitrogen and oxygen atoms in total. The maximum atomic E-state index is 5.45. The molecule has 0 aliphatic heterocycles. The number of hydrogen-bond acceptors (Lipinski definition) is 5. The molecule has 6 heteroatoms. The summed E-state index contributed by atoms with van der Waals surface area (Å²) in [4.78, 5) is 5.26. The van der Waals surface area contributed by atoms with Crippen molar-refractivity contribution in [3.05, 3.63) is 36.3 Å². The van der Waals surface area contributed by atoms with E-state index in [2.05, 4.69) is 27.8 Å². The lowest BCUT2D eigenvalue weighted by molar-refractivity contribution is 0.406.